The molecule has 0 amide bonds. The number of hydrogen-bond donors (Lipinski definition) is 1. The zero-order valence-corrected chi connectivity index (χ0v) is 15.7. The third-order valence-electron chi connectivity index (χ3n) is 4.77. The minimum Gasteiger partial charge on any atom is -0.345 e. The second-order valence-electron chi connectivity index (χ2n) is 6.54. The first-order valence-electron chi connectivity index (χ1n) is 9.15. The van der Waals surface area contributed by atoms with E-state index in [1.54, 1.807) is 10.7 Å². The molecule has 0 atom stereocenters. The molecule has 4 aromatic heterocycles. The highest BCUT2D eigenvalue weighted by Crippen LogP contribution is 2.29. The van der Waals surface area contributed by atoms with Crippen molar-refractivity contribution in [2.75, 3.05) is 0 Å². The molecular formula is C22H17N7. The maximum atomic E-state index is 4.72. The number of aromatic amines is 1. The summed E-state index contributed by atoms with van der Waals surface area (Å²) in [5.41, 5.74) is 6.07. The molecule has 29 heavy (non-hydrogen) atoms. The average Bonchev–Trinajstić information content (AvgIpc) is 3.39. The topological polar surface area (TPSA) is 84.1 Å². The van der Waals surface area contributed by atoms with Crippen LogP contribution in [-0.2, 0) is 0 Å². The first kappa shape index (κ1) is 17.0. The maximum Gasteiger partial charge on any atom is 0.161 e. The summed E-state index contributed by atoms with van der Waals surface area (Å²) >= 11 is 0. The van der Waals surface area contributed by atoms with E-state index < -0.39 is 0 Å². The molecule has 1 aromatic carbocycles. The Kier molecular flexibility index (Phi) is 3.98. The number of rotatable bonds is 4. The van der Waals surface area contributed by atoms with Crippen molar-refractivity contribution in [3.63, 3.8) is 0 Å². The fourth-order valence-corrected chi connectivity index (χ4v) is 3.37. The minimum atomic E-state index is 0.644. The summed E-state index contributed by atoms with van der Waals surface area (Å²) in [5, 5.41) is 5.53. The number of H-pyrrole nitrogens is 1. The zero-order chi connectivity index (χ0) is 19.8. The molecule has 0 aliphatic rings. The maximum absolute atomic E-state index is 4.72. The van der Waals surface area contributed by atoms with Gasteiger partial charge < -0.3 is 4.98 Å². The summed E-state index contributed by atoms with van der Waals surface area (Å²) in [6, 6.07) is 9.79. The largest absolute Gasteiger partial charge is 0.345 e. The molecule has 0 saturated carbocycles. The predicted octanol–water partition coefficient (Wildman–Crippen LogP) is 4.70. The molecule has 0 bridgehead atoms. The van der Waals surface area contributed by atoms with Gasteiger partial charge in [-0.1, -0.05) is 12.2 Å². The molecule has 0 aliphatic carbocycles. The van der Waals surface area contributed by atoms with Crippen molar-refractivity contribution in [2.45, 2.75) is 6.92 Å². The third-order valence-corrected chi connectivity index (χ3v) is 4.77. The molecular weight excluding hydrogens is 362 g/mol. The molecule has 0 fully saturated rings. The van der Waals surface area contributed by atoms with E-state index in [1.165, 1.54) is 0 Å². The summed E-state index contributed by atoms with van der Waals surface area (Å²) in [5.74, 6) is 0.644. The van der Waals surface area contributed by atoms with Gasteiger partial charge in [-0.25, -0.2) is 19.5 Å². The second-order valence-corrected chi connectivity index (χ2v) is 6.54. The second kappa shape index (κ2) is 6.79. The van der Waals surface area contributed by atoms with Crippen molar-refractivity contribution in [1.29, 1.82) is 0 Å². The number of nitrogens with zero attached hydrogens (tertiary/aromatic N) is 6. The molecule has 0 saturated heterocycles. The lowest BCUT2D eigenvalue weighted by molar-refractivity contribution is 0.943. The van der Waals surface area contributed by atoms with Crippen LogP contribution in [0.15, 0.2) is 66.2 Å². The van der Waals surface area contributed by atoms with Crippen LogP contribution in [0.2, 0.25) is 0 Å². The van der Waals surface area contributed by atoms with Gasteiger partial charge in [-0.3, -0.25) is 4.99 Å². The van der Waals surface area contributed by atoms with Gasteiger partial charge in [0.25, 0.3) is 0 Å². The summed E-state index contributed by atoms with van der Waals surface area (Å²) in [6.07, 6.45) is 11.3. The number of benzene rings is 1. The number of imidazole rings is 1. The summed E-state index contributed by atoms with van der Waals surface area (Å²) in [6.45, 7) is 5.60. The fourth-order valence-electron chi connectivity index (χ4n) is 3.37. The van der Waals surface area contributed by atoms with Crippen LogP contribution in [0, 0.1) is 0 Å². The van der Waals surface area contributed by atoms with Crippen molar-refractivity contribution in [1.82, 2.24) is 29.5 Å². The number of aromatic nitrogens is 6. The lowest BCUT2D eigenvalue weighted by atomic mass is 10.1. The van der Waals surface area contributed by atoms with Gasteiger partial charge in [-0.2, -0.15) is 5.10 Å². The van der Waals surface area contributed by atoms with E-state index in [4.69, 9.17) is 4.98 Å². The highest BCUT2D eigenvalue weighted by Gasteiger charge is 2.12. The Balaban J connectivity index is 1.59. The number of allylic oxidation sites excluding steroid dienone is 1. The van der Waals surface area contributed by atoms with Gasteiger partial charge in [0.15, 0.2) is 11.5 Å². The first-order valence-corrected chi connectivity index (χ1v) is 9.15. The SMILES string of the molecule is C=Nc1ccc(-c2ncc3c(-c4ccc5nccn5n4)c[nH]c3n2)cc1/C=C\C. The van der Waals surface area contributed by atoms with Crippen molar-refractivity contribution in [3.05, 3.63) is 66.8 Å². The van der Waals surface area contributed by atoms with Crippen LogP contribution >= 0.6 is 0 Å². The van der Waals surface area contributed by atoms with E-state index in [2.05, 4.69) is 31.8 Å². The molecule has 0 unspecified atom stereocenters. The van der Waals surface area contributed by atoms with E-state index in [9.17, 15) is 0 Å². The van der Waals surface area contributed by atoms with Gasteiger partial charge in [0, 0.05) is 46.9 Å². The quantitative estimate of drug-likeness (QED) is 0.459. The van der Waals surface area contributed by atoms with Gasteiger partial charge in [0.2, 0.25) is 0 Å². The van der Waals surface area contributed by atoms with Crippen molar-refractivity contribution in [3.8, 4) is 22.6 Å². The lowest BCUT2D eigenvalue weighted by Crippen LogP contribution is -1.93. The van der Waals surface area contributed by atoms with E-state index in [0.717, 1.165) is 44.8 Å². The number of fused-ring (bicyclic) bond motifs is 2. The van der Waals surface area contributed by atoms with Crippen LogP contribution in [0.1, 0.15) is 12.5 Å². The molecule has 140 valence electrons. The highest BCUT2D eigenvalue weighted by atomic mass is 15.2. The lowest BCUT2D eigenvalue weighted by Gasteiger charge is -2.05. The standard InChI is InChI=1S/C22H17N7/c1-3-4-14-11-15(5-6-18(14)23-2)21-25-13-17-16(12-26-22(17)27-21)19-7-8-20-24-9-10-29(20)28-19/h3-13H,2H2,1H3,(H,25,26,27)/b4-3-. The normalized spacial score (nSPS) is 11.6. The van der Waals surface area contributed by atoms with Crippen LogP contribution in [0.4, 0.5) is 5.69 Å². The molecule has 4 heterocycles. The first-order chi connectivity index (χ1) is 14.3. The van der Waals surface area contributed by atoms with E-state index >= 15 is 0 Å². The van der Waals surface area contributed by atoms with E-state index in [0.29, 0.717) is 5.82 Å². The Morgan fingerprint density at radius 3 is 2.97 bits per heavy atom. The van der Waals surface area contributed by atoms with Crippen molar-refractivity contribution < 1.29 is 0 Å². The Morgan fingerprint density at radius 1 is 1.17 bits per heavy atom. The monoisotopic (exact) mass is 379 g/mol. The van der Waals surface area contributed by atoms with Gasteiger partial charge in [0.1, 0.15) is 5.65 Å². The number of hydrogen-bond acceptors (Lipinski definition) is 5. The summed E-state index contributed by atoms with van der Waals surface area (Å²) in [7, 11) is 0. The molecule has 0 aliphatic heterocycles. The molecule has 5 aromatic rings. The molecule has 7 heteroatoms. The molecule has 0 spiro atoms. The molecule has 1 N–H and O–H groups in total. The predicted molar refractivity (Wildman–Crippen MR) is 115 cm³/mol. The van der Waals surface area contributed by atoms with Crippen molar-refractivity contribution >= 4 is 35.2 Å². The van der Waals surface area contributed by atoms with Gasteiger partial charge in [0.05, 0.1) is 11.4 Å². The van der Waals surface area contributed by atoms with Crippen LogP contribution in [0.5, 0.6) is 0 Å². The molecule has 7 nitrogen and oxygen atoms in total. The molecule has 0 radical (unpaired) electrons. The molecule has 5 rings (SSSR count). The number of nitrogens with one attached hydrogen (secondary N) is 1. The Hall–Kier alpha value is -4.13. The van der Waals surface area contributed by atoms with Gasteiger partial charge in [-0.15, -0.1) is 0 Å². The van der Waals surface area contributed by atoms with E-state index in [-0.39, 0.29) is 0 Å². The summed E-state index contributed by atoms with van der Waals surface area (Å²) < 4.78 is 1.75. The van der Waals surface area contributed by atoms with Crippen LogP contribution in [-0.4, -0.2) is 36.3 Å². The summed E-state index contributed by atoms with van der Waals surface area (Å²) in [4.78, 5) is 20.9. The van der Waals surface area contributed by atoms with Gasteiger partial charge in [-0.05, 0) is 44.0 Å². The Labute approximate surface area is 166 Å². The minimum absolute atomic E-state index is 0.644. The Morgan fingerprint density at radius 2 is 2.10 bits per heavy atom. The van der Waals surface area contributed by atoms with Gasteiger partial charge >= 0.3 is 0 Å². The zero-order valence-electron chi connectivity index (χ0n) is 15.7. The van der Waals surface area contributed by atoms with Crippen LogP contribution in [0.3, 0.4) is 0 Å². The van der Waals surface area contributed by atoms with Crippen molar-refractivity contribution in [2.24, 2.45) is 4.99 Å². The Bertz CT molecular complexity index is 1390. The van der Waals surface area contributed by atoms with E-state index in [1.807, 2.05) is 68.0 Å². The number of aliphatic imine (C=N–C) groups is 1. The van der Waals surface area contributed by atoms with Crippen LogP contribution < -0.4 is 0 Å². The average molecular weight is 379 g/mol. The highest BCUT2D eigenvalue weighted by molar-refractivity contribution is 5.92. The van der Waals surface area contributed by atoms with Crippen LogP contribution in [0.25, 0.3) is 45.4 Å². The smallest absolute Gasteiger partial charge is 0.161 e. The third kappa shape index (κ3) is 2.89. The fraction of sp³-hybridized carbons (Fsp3) is 0.0455.